The van der Waals surface area contributed by atoms with E-state index >= 15 is 0 Å². The average Bonchev–Trinajstić information content (AvgIpc) is 2.99. The van der Waals surface area contributed by atoms with E-state index in [4.69, 9.17) is 4.74 Å². The maximum atomic E-state index is 12.6. The van der Waals surface area contributed by atoms with Crippen LogP contribution in [-0.2, 0) is 4.74 Å². The lowest BCUT2D eigenvalue weighted by Gasteiger charge is -2.33. The monoisotopic (exact) mass is 351 g/mol. The number of ether oxygens (including phenoxy) is 1. The summed E-state index contributed by atoms with van der Waals surface area (Å²) in [4.78, 5) is 14.2. The molecule has 1 fully saturated rings. The summed E-state index contributed by atoms with van der Waals surface area (Å²) < 4.78 is 5.70. The molecule has 2 unspecified atom stereocenters. The number of benzene rings is 2. The molecular weight excluding hydrogens is 326 g/mol. The number of nitrogens with zero attached hydrogens (tertiary/aromatic N) is 1. The van der Waals surface area contributed by atoms with Crippen molar-refractivity contribution in [2.45, 2.75) is 43.7 Å². The molecule has 1 N–H and O–H groups in total. The first-order valence-corrected chi connectivity index (χ1v) is 9.41. The third-order valence-electron chi connectivity index (χ3n) is 5.79. The molecule has 26 heavy (non-hydrogen) atoms. The van der Waals surface area contributed by atoms with Gasteiger partial charge in [-0.1, -0.05) is 48.5 Å². The highest BCUT2D eigenvalue weighted by Gasteiger charge is 2.31. The first-order valence-electron chi connectivity index (χ1n) is 9.41. The predicted molar refractivity (Wildman–Crippen MR) is 101 cm³/mol. The van der Waals surface area contributed by atoms with Crippen LogP contribution in [0.3, 0.4) is 0 Å². The molecule has 2 atom stereocenters. The predicted octanol–water partition coefficient (Wildman–Crippen LogP) is 4.17. The van der Waals surface area contributed by atoms with Gasteiger partial charge < -0.3 is 14.7 Å². The molecule has 1 saturated carbocycles. The van der Waals surface area contributed by atoms with E-state index in [1.807, 2.05) is 24.3 Å². The smallest absolute Gasteiger partial charge is 0.409 e. The van der Waals surface area contributed by atoms with Gasteiger partial charge in [-0.25, -0.2) is 4.79 Å². The molecule has 2 aliphatic rings. The van der Waals surface area contributed by atoms with Crippen LogP contribution in [0, 0.1) is 0 Å². The van der Waals surface area contributed by atoms with E-state index in [1.54, 1.807) is 11.9 Å². The van der Waals surface area contributed by atoms with E-state index in [-0.39, 0.29) is 24.2 Å². The summed E-state index contributed by atoms with van der Waals surface area (Å²) in [6.07, 6.45) is 2.74. The van der Waals surface area contributed by atoms with Crippen molar-refractivity contribution in [3.8, 4) is 11.1 Å². The SMILES string of the molecule is CN(C(=O)OCC1c2ccccc2-c2ccccc21)C1CCCC(O)C1. The van der Waals surface area contributed by atoms with Gasteiger partial charge in [-0.05, 0) is 47.9 Å². The molecule has 2 aromatic carbocycles. The molecule has 0 bridgehead atoms. The zero-order chi connectivity index (χ0) is 18.1. The second kappa shape index (κ2) is 7.12. The van der Waals surface area contributed by atoms with Gasteiger partial charge in [0.05, 0.1) is 6.10 Å². The highest BCUT2D eigenvalue weighted by Crippen LogP contribution is 2.44. The van der Waals surface area contributed by atoms with Gasteiger partial charge in [0.1, 0.15) is 6.61 Å². The van der Waals surface area contributed by atoms with Gasteiger partial charge in [0, 0.05) is 19.0 Å². The van der Waals surface area contributed by atoms with E-state index in [0.29, 0.717) is 13.0 Å². The number of aliphatic hydroxyl groups excluding tert-OH is 1. The van der Waals surface area contributed by atoms with Crippen LogP contribution in [0.2, 0.25) is 0 Å². The third kappa shape index (κ3) is 3.10. The van der Waals surface area contributed by atoms with Crippen LogP contribution in [0.1, 0.15) is 42.7 Å². The van der Waals surface area contributed by atoms with E-state index in [0.717, 1.165) is 19.3 Å². The molecule has 0 spiro atoms. The Kier molecular flexibility index (Phi) is 4.68. The Morgan fingerprint density at radius 1 is 1.08 bits per heavy atom. The quantitative estimate of drug-likeness (QED) is 0.903. The lowest BCUT2D eigenvalue weighted by molar-refractivity contribution is 0.0543. The summed E-state index contributed by atoms with van der Waals surface area (Å²) in [5.41, 5.74) is 4.90. The second-order valence-electron chi connectivity index (χ2n) is 7.39. The van der Waals surface area contributed by atoms with Gasteiger partial charge in [-0.2, -0.15) is 0 Å². The molecule has 2 aromatic rings. The Balaban J connectivity index is 1.47. The van der Waals surface area contributed by atoms with Crippen molar-refractivity contribution in [3.63, 3.8) is 0 Å². The van der Waals surface area contributed by atoms with Crippen molar-refractivity contribution >= 4 is 6.09 Å². The summed E-state index contributed by atoms with van der Waals surface area (Å²) in [7, 11) is 1.78. The average molecular weight is 351 g/mol. The molecule has 4 rings (SSSR count). The molecule has 0 radical (unpaired) electrons. The van der Waals surface area contributed by atoms with Gasteiger partial charge in [0.15, 0.2) is 0 Å². The topological polar surface area (TPSA) is 49.8 Å². The molecule has 0 aromatic heterocycles. The fourth-order valence-electron chi connectivity index (χ4n) is 4.34. The van der Waals surface area contributed by atoms with E-state index in [2.05, 4.69) is 24.3 Å². The Labute approximate surface area is 154 Å². The van der Waals surface area contributed by atoms with Gasteiger partial charge in [0.25, 0.3) is 0 Å². The number of amides is 1. The Morgan fingerprint density at radius 3 is 2.31 bits per heavy atom. The Bertz CT molecular complexity index is 758. The number of aliphatic hydroxyl groups is 1. The summed E-state index contributed by atoms with van der Waals surface area (Å²) in [5.74, 6) is 0.0803. The number of carbonyl (C=O) groups is 1. The van der Waals surface area contributed by atoms with Crippen molar-refractivity contribution < 1.29 is 14.6 Å². The lowest BCUT2D eigenvalue weighted by Crippen LogP contribution is -2.42. The van der Waals surface area contributed by atoms with E-state index < -0.39 is 0 Å². The number of rotatable bonds is 3. The van der Waals surface area contributed by atoms with Crippen LogP contribution < -0.4 is 0 Å². The molecule has 136 valence electrons. The fraction of sp³-hybridized carbons (Fsp3) is 0.409. The minimum atomic E-state index is -0.308. The van der Waals surface area contributed by atoms with E-state index in [9.17, 15) is 9.90 Å². The minimum Gasteiger partial charge on any atom is -0.448 e. The summed E-state index contributed by atoms with van der Waals surface area (Å²) in [6.45, 7) is 0.340. The van der Waals surface area contributed by atoms with Crippen LogP contribution in [0.4, 0.5) is 4.79 Å². The van der Waals surface area contributed by atoms with E-state index in [1.165, 1.54) is 22.3 Å². The summed E-state index contributed by atoms with van der Waals surface area (Å²) in [5, 5.41) is 9.85. The fourth-order valence-corrected chi connectivity index (χ4v) is 4.34. The molecule has 1 amide bonds. The summed E-state index contributed by atoms with van der Waals surface area (Å²) in [6, 6.07) is 16.7. The zero-order valence-corrected chi connectivity index (χ0v) is 15.1. The lowest BCUT2D eigenvalue weighted by atomic mass is 9.92. The van der Waals surface area contributed by atoms with Crippen LogP contribution in [0.5, 0.6) is 0 Å². The molecular formula is C22H25NO3. The van der Waals surface area contributed by atoms with Crippen LogP contribution in [0.25, 0.3) is 11.1 Å². The van der Waals surface area contributed by atoms with Crippen LogP contribution in [-0.4, -0.2) is 41.9 Å². The number of carbonyl (C=O) groups excluding carboxylic acids is 1. The first kappa shape index (κ1) is 17.1. The van der Waals surface area contributed by atoms with Crippen LogP contribution in [0.15, 0.2) is 48.5 Å². The molecule has 4 nitrogen and oxygen atoms in total. The van der Waals surface area contributed by atoms with Crippen LogP contribution >= 0.6 is 0 Å². The molecule has 2 aliphatic carbocycles. The Morgan fingerprint density at radius 2 is 1.69 bits per heavy atom. The van der Waals surface area contributed by atoms with Gasteiger partial charge >= 0.3 is 6.09 Å². The maximum Gasteiger partial charge on any atom is 0.409 e. The number of fused-ring (bicyclic) bond motifs is 3. The summed E-state index contributed by atoms with van der Waals surface area (Å²) >= 11 is 0. The normalized spacial score (nSPS) is 21.8. The third-order valence-corrected chi connectivity index (χ3v) is 5.79. The second-order valence-corrected chi connectivity index (χ2v) is 7.39. The van der Waals surface area contributed by atoms with Crippen molar-refractivity contribution in [3.05, 3.63) is 59.7 Å². The highest BCUT2D eigenvalue weighted by atomic mass is 16.6. The largest absolute Gasteiger partial charge is 0.448 e. The molecule has 0 saturated heterocycles. The number of hydrogen-bond acceptors (Lipinski definition) is 3. The molecule has 0 heterocycles. The van der Waals surface area contributed by atoms with Gasteiger partial charge in [-0.15, -0.1) is 0 Å². The zero-order valence-electron chi connectivity index (χ0n) is 15.1. The molecule has 4 heteroatoms. The number of hydrogen-bond donors (Lipinski definition) is 1. The molecule has 0 aliphatic heterocycles. The van der Waals surface area contributed by atoms with Crippen molar-refractivity contribution in [1.29, 1.82) is 0 Å². The Hall–Kier alpha value is -2.33. The minimum absolute atomic E-state index is 0.0643. The standard InChI is InChI=1S/C22H25NO3/c1-23(15-7-6-8-16(24)13-15)22(25)26-14-21-19-11-4-2-9-17(19)18-10-3-5-12-20(18)21/h2-5,9-12,15-16,21,24H,6-8,13-14H2,1H3. The maximum absolute atomic E-state index is 12.6. The van der Waals surface area contributed by atoms with Gasteiger partial charge in [-0.3, -0.25) is 0 Å². The van der Waals surface area contributed by atoms with Gasteiger partial charge in [0.2, 0.25) is 0 Å². The van der Waals surface area contributed by atoms with Crippen molar-refractivity contribution in [2.75, 3.05) is 13.7 Å². The van der Waals surface area contributed by atoms with Crippen molar-refractivity contribution in [1.82, 2.24) is 4.90 Å². The van der Waals surface area contributed by atoms with Crippen molar-refractivity contribution in [2.24, 2.45) is 0 Å². The highest BCUT2D eigenvalue weighted by molar-refractivity contribution is 5.79. The first-order chi connectivity index (χ1) is 12.6.